The average Bonchev–Trinajstić information content (AvgIpc) is 2.78. The highest BCUT2D eigenvalue weighted by atomic mass is 16.5. The van der Waals surface area contributed by atoms with Gasteiger partial charge in [-0.3, -0.25) is 9.79 Å². The van der Waals surface area contributed by atoms with Crippen molar-refractivity contribution < 1.29 is 14.3 Å². The van der Waals surface area contributed by atoms with Crippen molar-refractivity contribution in [3.8, 4) is 5.75 Å². The van der Waals surface area contributed by atoms with Crippen molar-refractivity contribution >= 4 is 11.9 Å². The third-order valence-electron chi connectivity index (χ3n) is 6.40. The molecule has 3 N–H and O–H groups in total. The van der Waals surface area contributed by atoms with Crippen molar-refractivity contribution in [1.29, 1.82) is 0 Å². The number of rotatable bonds is 8. The monoisotopic (exact) mass is 430 g/mol. The highest BCUT2D eigenvalue weighted by Crippen LogP contribution is 2.36. The van der Waals surface area contributed by atoms with Gasteiger partial charge in [0.25, 0.3) is 0 Å². The summed E-state index contributed by atoms with van der Waals surface area (Å²) in [6.07, 6.45) is 4.46. The molecule has 0 aromatic heterocycles. The van der Waals surface area contributed by atoms with Gasteiger partial charge in [-0.05, 0) is 63.1 Å². The normalized spacial score (nSPS) is 21.5. The molecule has 2 heterocycles. The zero-order valence-corrected chi connectivity index (χ0v) is 19.1. The minimum atomic E-state index is -0.217. The number of amides is 1. The molecule has 0 spiro atoms. The number of guanidine groups is 1. The summed E-state index contributed by atoms with van der Waals surface area (Å²) in [6.45, 7) is 9.58. The van der Waals surface area contributed by atoms with Crippen molar-refractivity contribution in [3.05, 3.63) is 29.8 Å². The van der Waals surface area contributed by atoms with Crippen LogP contribution in [0.15, 0.2) is 29.3 Å². The van der Waals surface area contributed by atoms with Crippen LogP contribution in [-0.4, -0.2) is 62.8 Å². The van der Waals surface area contributed by atoms with E-state index in [0.717, 1.165) is 70.2 Å². The van der Waals surface area contributed by atoms with E-state index in [1.807, 2.05) is 6.92 Å². The van der Waals surface area contributed by atoms with Gasteiger partial charge in [-0.2, -0.15) is 0 Å². The molecular formula is C24H38N4O3. The molecule has 2 fully saturated rings. The third kappa shape index (κ3) is 6.35. The lowest BCUT2D eigenvalue weighted by atomic mass is 9.74. The van der Waals surface area contributed by atoms with Crippen LogP contribution in [0.4, 0.5) is 0 Å². The summed E-state index contributed by atoms with van der Waals surface area (Å²) in [4.78, 5) is 18.8. The molecular weight excluding hydrogens is 392 g/mol. The Morgan fingerprint density at radius 3 is 2.68 bits per heavy atom. The van der Waals surface area contributed by atoms with Gasteiger partial charge in [0.15, 0.2) is 5.96 Å². The molecule has 0 radical (unpaired) electrons. The molecule has 1 amide bonds. The number of hydrogen-bond acceptors (Lipinski definition) is 4. The number of likely N-dealkylation sites (tertiary alicyclic amines) is 1. The topological polar surface area (TPSA) is 89.2 Å². The molecule has 7 nitrogen and oxygen atoms in total. The molecule has 0 bridgehead atoms. The fourth-order valence-electron chi connectivity index (χ4n) is 4.73. The number of ether oxygens (including phenoxy) is 2. The fraction of sp³-hybridized carbons (Fsp3) is 0.667. The number of nitrogens with one attached hydrogen (secondary N) is 1. The molecule has 31 heavy (non-hydrogen) atoms. The number of hydrogen-bond donors (Lipinski definition) is 2. The zero-order valence-electron chi connectivity index (χ0n) is 19.1. The first-order valence-electron chi connectivity index (χ1n) is 11.7. The minimum absolute atomic E-state index is 0.0356. The summed E-state index contributed by atoms with van der Waals surface area (Å²) in [5.41, 5.74) is 6.71. The maximum atomic E-state index is 11.4. The molecule has 1 unspecified atom stereocenters. The maximum Gasteiger partial charge on any atom is 0.217 e. The van der Waals surface area contributed by atoms with E-state index in [2.05, 4.69) is 41.4 Å². The molecule has 1 aromatic carbocycles. The van der Waals surface area contributed by atoms with Crippen molar-refractivity contribution in [3.63, 3.8) is 0 Å². The molecule has 7 heteroatoms. The van der Waals surface area contributed by atoms with E-state index in [-0.39, 0.29) is 11.3 Å². The standard InChI is InChI=1S/C24H38N4O3/c1-3-26-23(28-13-5-6-19(17-28)16-22(25)29)27-18-24(11-14-30-15-12-24)20-7-9-21(10-8-20)31-4-2/h7-10,19H,3-6,11-18H2,1-2H3,(H2,25,29)(H,26,27). The van der Waals surface area contributed by atoms with E-state index in [0.29, 0.717) is 25.5 Å². The SMILES string of the molecule is CCNC(=NCC1(c2ccc(OCC)cc2)CCOCC1)N1CCCC(CC(N)=O)C1. The van der Waals surface area contributed by atoms with Crippen LogP contribution in [0.2, 0.25) is 0 Å². The largest absolute Gasteiger partial charge is 0.494 e. The third-order valence-corrected chi connectivity index (χ3v) is 6.40. The molecule has 2 saturated heterocycles. The second-order valence-corrected chi connectivity index (χ2v) is 8.64. The predicted molar refractivity (Wildman–Crippen MR) is 123 cm³/mol. The molecule has 2 aliphatic rings. The highest BCUT2D eigenvalue weighted by Gasteiger charge is 2.35. The first kappa shape index (κ1) is 23.4. The predicted octanol–water partition coefficient (Wildman–Crippen LogP) is 2.69. The summed E-state index contributed by atoms with van der Waals surface area (Å²) >= 11 is 0. The van der Waals surface area contributed by atoms with Crippen molar-refractivity contribution in [2.24, 2.45) is 16.6 Å². The number of piperidine rings is 1. The van der Waals surface area contributed by atoms with Gasteiger partial charge >= 0.3 is 0 Å². The van der Waals surface area contributed by atoms with Gasteiger partial charge in [0, 0.05) is 44.7 Å². The van der Waals surface area contributed by atoms with Gasteiger partial charge in [-0.15, -0.1) is 0 Å². The Hall–Kier alpha value is -2.28. The Labute approximate surface area is 186 Å². The summed E-state index contributed by atoms with van der Waals surface area (Å²) < 4.78 is 11.3. The molecule has 2 aliphatic heterocycles. The lowest BCUT2D eigenvalue weighted by Gasteiger charge is -2.38. The maximum absolute atomic E-state index is 11.4. The molecule has 3 rings (SSSR count). The van der Waals surface area contributed by atoms with E-state index in [1.54, 1.807) is 0 Å². The van der Waals surface area contributed by atoms with Gasteiger partial charge in [0.2, 0.25) is 5.91 Å². The van der Waals surface area contributed by atoms with Crippen LogP contribution in [0.1, 0.15) is 51.5 Å². The summed E-state index contributed by atoms with van der Waals surface area (Å²) in [5, 5.41) is 3.47. The molecule has 0 saturated carbocycles. The summed E-state index contributed by atoms with van der Waals surface area (Å²) in [5.74, 6) is 1.93. The Balaban J connectivity index is 1.78. The molecule has 1 aromatic rings. The lowest BCUT2D eigenvalue weighted by Crippen LogP contribution is -2.48. The Bertz CT molecular complexity index is 729. The summed E-state index contributed by atoms with van der Waals surface area (Å²) in [7, 11) is 0. The fourth-order valence-corrected chi connectivity index (χ4v) is 4.73. The Kier molecular flexibility index (Phi) is 8.58. The average molecular weight is 431 g/mol. The first-order chi connectivity index (χ1) is 15.1. The van der Waals surface area contributed by atoms with E-state index in [1.165, 1.54) is 5.56 Å². The Morgan fingerprint density at radius 1 is 1.29 bits per heavy atom. The van der Waals surface area contributed by atoms with Crippen LogP contribution in [0, 0.1) is 5.92 Å². The quantitative estimate of drug-likeness (QED) is 0.489. The minimum Gasteiger partial charge on any atom is -0.494 e. The van der Waals surface area contributed by atoms with E-state index < -0.39 is 0 Å². The van der Waals surface area contributed by atoms with E-state index in [4.69, 9.17) is 20.2 Å². The van der Waals surface area contributed by atoms with Crippen LogP contribution in [0.3, 0.4) is 0 Å². The van der Waals surface area contributed by atoms with Crippen molar-refractivity contribution in [2.45, 2.75) is 51.4 Å². The van der Waals surface area contributed by atoms with Gasteiger partial charge in [-0.1, -0.05) is 12.1 Å². The number of nitrogens with zero attached hydrogens (tertiary/aromatic N) is 2. The number of aliphatic imine (C=N–C) groups is 1. The van der Waals surface area contributed by atoms with Crippen LogP contribution in [-0.2, 0) is 14.9 Å². The van der Waals surface area contributed by atoms with Crippen LogP contribution < -0.4 is 15.8 Å². The zero-order chi connectivity index (χ0) is 22.1. The van der Waals surface area contributed by atoms with Crippen molar-refractivity contribution in [1.82, 2.24) is 10.2 Å². The number of benzene rings is 1. The van der Waals surface area contributed by atoms with Gasteiger partial charge < -0.3 is 25.4 Å². The number of carbonyl (C=O) groups is 1. The Morgan fingerprint density at radius 2 is 2.03 bits per heavy atom. The molecule has 0 aliphatic carbocycles. The first-order valence-corrected chi connectivity index (χ1v) is 11.7. The van der Waals surface area contributed by atoms with E-state index >= 15 is 0 Å². The highest BCUT2D eigenvalue weighted by molar-refractivity contribution is 5.80. The number of primary amides is 1. The van der Waals surface area contributed by atoms with Gasteiger partial charge in [0.05, 0.1) is 13.2 Å². The second-order valence-electron chi connectivity index (χ2n) is 8.64. The van der Waals surface area contributed by atoms with Crippen LogP contribution in [0.5, 0.6) is 5.75 Å². The molecule has 1 atom stereocenters. The van der Waals surface area contributed by atoms with Gasteiger partial charge in [-0.25, -0.2) is 0 Å². The van der Waals surface area contributed by atoms with Crippen molar-refractivity contribution in [2.75, 3.05) is 46.0 Å². The second kappa shape index (κ2) is 11.4. The van der Waals surface area contributed by atoms with Crippen LogP contribution in [0.25, 0.3) is 0 Å². The smallest absolute Gasteiger partial charge is 0.217 e. The number of carbonyl (C=O) groups excluding carboxylic acids is 1. The summed E-state index contributed by atoms with van der Waals surface area (Å²) in [6, 6.07) is 8.49. The van der Waals surface area contributed by atoms with Crippen LogP contribution >= 0.6 is 0 Å². The number of nitrogens with two attached hydrogens (primary N) is 1. The van der Waals surface area contributed by atoms with E-state index in [9.17, 15) is 4.79 Å². The molecule has 172 valence electrons. The lowest BCUT2D eigenvalue weighted by molar-refractivity contribution is -0.119. The van der Waals surface area contributed by atoms with Gasteiger partial charge in [0.1, 0.15) is 5.75 Å².